The van der Waals surface area contributed by atoms with E-state index >= 15 is 0 Å². The van der Waals surface area contributed by atoms with E-state index in [1.807, 2.05) is 6.07 Å². The van der Waals surface area contributed by atoms with Gasteiger partial charge in [0.1, 0.15) is 5.82 Å². The van der Waals surface area contributed by atoms with Crippen molar-refractivity contribution in [3.05, 3.63) is 34.6 Å². The summed E-state index contributed by atoms with van der Waals surface area (Å²) in [5, 5.41) is 3.62. The van der Waals surface area contributed by atoms with Gasteiger partial charge in [-0.05, 0) is 48.9 Å². The third kappa shape index (κ3) is 2.74. The second-order valence-corrected chi connectivity index (χ2v) is 5.11. The molecule has 2 rings (SSSR count). The molecule has 1 aliphatic rings. The van der Waals surface area contributed by atoms with E-state index in [0.717, 1.165) is 25.1 Å². The van der Waals surface area contributed by atoms with Crippen LogP contribution >= 0.6 is 11.6 Å². The molecule has 0 radical (unpaired) electrons. The molecule has 16 heavy (non-hydrogen) atoms. The fourth-order valence-electron chi connectivity index (χ4n) is 2.07. The Bertz CT molecular complexity index is 374. The molecular weight excluding hydrogens is 225 g/mol. The van der Waals surface area contributed by atoms with Crippen molar-refractivity contribution in [3.8, 4) is 0 Å². The van der Waals surface area contributed by atoms with Gasteiger partial charge in [0, 0.05) is 6.54 Å². The van der Waals surface area contributed by atoms with Crippen LogP contribution in [-0.2, 0) is 6.42 Å². The Hall–Kier alpha value is -0.600. The van der Waals surface area contributed by atoms with Crippen LogP contribution in [0.25, 0.3) is 0 Å². The molecule has 3 heteroatoms. The Morgan fingerprint density at radius 1 is 1.44 bits per heavy atom. The fourth-order valence-corrected chi connectivity index (χ4v) is 2.27. The molecule has 1 aromatic rings. The molecule has 0 aromatic heterocycles. The number of nitrogens with one attached hydrogen (secondary N) is 1. The van der Waals surface area contributed by atoms with Gasteiger partial charge in [-0.3, -0.25) is 0 Å². The van der Waals surface area contributed by atoms with Gasteiger partial charge < -0.3 is 5.32 Å². The van der Waals surface area contributed by atoms with E-state index < -0.39 is 0 Å². The number of hydrogen-bond donors (Lipinski definition) is 1. The van der Waals surface area contributed by atoms with Crippen molar-refractivity contribution in [2.24, 2.45) is 5.41 Å². The van der Waals surface area contributed by atoms with Gasteiger partial charge in [-0.2, -0.15) is 0 Å². The maximum atomic E-state index is 13.0. The normalized spacial score (nSPS) is 17.4. The number of rotatable bonds is 5. The summed E-state index contributed by atoms with van der Waals surface area (Å²) in [6.45, 7) is 4.18. The molecule has 0 amide bonds. The lowest BCUT2D eigenvalue weighted by Gasteiger charge is -2.15. The van der Waals surface area contributed by atoms with Crippen LogP contribution in [-0.4, -0.2) is 13.1 Å². The maximum Gasteiger partial charge on any atom is 0.141 e. The van der Waals surface area contributed by atoms with Gasteiger partial charge in [0.25, 0.3) is 0 Å². The van der Waals surface area contributed by atoms with Crippen LogP contribution in [0.2, 0.25) is 5.02 Å². The summed E-state index contributed by atoms with van der Waals surface area (Å²) in [6.07, 6.45) is 3.52. The minimum Gasteiger partial charge on any atom is -0.316 e. The molecule has 1 saturated carbocycles. The molecule has 0 aliphatic heterocycles. The second kappa shape index (κ2) is 4.72. The first kappa shape index (κ1) is 11.9. The van der Waals surface area contributed by atoms with Crippen molar-refractivity contribution in [2.45, 2.75) is 26.2 Å². The van der Waals surface area contributed by atoms with Crippen LogP contribution in [0.5, 0.6) is 0 Å². The second-order valence-electron chi connectivity index (χ2n) is 4.71. The van der Waals surface area contributed by atoms with Crippen LogP contribution in [0.4, 0.5) is 4.39 Å². The lowest BCUT2D eigenvalue weighted by atomic mass is 9.96. The summed E-state index contributed by atoms with van der Waals surface area (Å²) in [5.41, 5.74) is 1.54. The Morgan fingerprint density at radius 3 is 2.75 bits per heavy atom. The van der Waals surface area contributed by atoms with Gasteiger partial charge in [-0.25, -0.2) is 4.39 Å². The standard InChI is InChI=1S/C13H17ClFN/c1-2-16-9-13(5-6-13)8-10-3-4-12(15)11(14)7-10/h3-4,7,16H,2,5-6,8-9H2,1H3. The van der Waals surface area contributed by atoms with Crippen molar-refractivity contribution >= 4 is 11.6 Å². The first-order valence-electron chi connectivity index (χ1n) is 5.80. The van der Waals surface area contributed by atoms with Crippen molar-refractivity contribution in [1.82, 2.24) is 5.32 Å². The largest absolute Gasteiger partial charge is 0.316 e. The summed E-state index contributed by atoms with van der Waals surface area (Å²) in [7, 11) is 0. The summed E-state index contributed by atoms with van der Waals surface area (Å²) >= 11 is 5.78. The molecule has 0 unspecified atom stereocenters. The first-order chi connectivity index (χ1) is 7.65. The molecule has 1 nitrogen and oxygen atoms in total. The van der Waals surface area contributed by atoms with E-state index in [-0.39, 0.29) is 10.8 Å². The topological polar surface area (TPSA) is 12.0 Å². The van der Waals surface area contributed by atoms with Gasteiger partial charge in [-0.1, -0.05) is 24.6 Å². The molecule has 1 aromatic carbocycles. The molecule has 1 N–H and O–H groups in total. The Balaban J connectivity index is 2.01. The molecule has 1 fully saturated rings. The van der Waals surface area contributed by atoms with Crippen molar-refractivity contribution in [2.75, 3.05) is 13.1 Å². The summed E-state index contributed by atoms with van der Waals surface area (Å²) < 4.78 is 13.0. The molecule has 1 aliphatic carbocycles. The SMILES string of the molecule is CCNCC1(Cc2ccc(F)c(Cl)c2)CC1. The van der Waals surface area contributed by atoms with Crippen LogP contribution < -0.4 is 5.32 Å². The minimum atomic E-state index is -0.332. The quantitative estimate of drug-likeness (QED) is 0.833. The Morgan fingerprint density at radius 2 is 2.19 bits per heavy atom. The van der Waals surface area contributed by atoms with Crippen LogP contribution in [0.3, 0.4) is 0 Å². The molecule has 0 spiro atoms. The van der Waals surface area contributed by atoms with Crippen LogP contribution in [0.15, 0.2) is 18.2 Å². The van der Waals surface area contributed by atoms with E-state index in [1.54, 1.807) is 6.07 Å². The molecule has 0 atom stereocenters. The summed E-state index contributed by atoms with van der Waals surface area (Å²) in [5.74, 6) is -0.332. The van der Waals surface area contributed by atoms with Gasteiger partial charge in [0.15, 0.2) is 0 Å². The highest BCUT2D eigenvalue weighted by molar-refractivity contribution is 6.30. The monoisotopic (exact) mass is 241 g/mol. The van der Waals surface area contributed by atoms with E-state index in [1.165, 1.54) is 18.9 Å². The van der Waals surface area contributed by atoms with Gasteiger partial charge in [-0.15, -0.1) is 0 Å². The third-order valence-corrected chi connectivity index (χ3v) is 3.56. The predicted molar refractivity (Wildman–Crippen MR) is 65.3 cm³/mol. The summed E-state index contributed by atoms with van der Waals surface area (Å²) in [6, 6.07) is 5.05. The minimum absolute atomic E-state index is 0.233. The van der Waals surface area contributed by atoms with Crippen molar-refractivity contribution in [3.63, 3.8) is 0 Å². The third-order valence-electron chi connectivity index (χ3n) is 3.27. The van der Waals surface area contributed by atoms with E-state index in [4.69, 9.17) is 11.6 Å². The van der Waals surface area contributed by atoms with Crippen molar-refractivity contribution in [1.29, 1.82) is 0 Å². The van der Waals surface area contributed by atoms with Gasteiger partial charge in [0.05, 0.1) is 5.02 Å². The Labute approximate surface area is 101 Å². The highest BCUT2D eigenvalue weighted by Gasteiger charge is 2.41. The number of hydrogen-bond acceptors (Lipinski definition) is 1. The van der Waals surface area contributed by atoms with E-state index in [0.29, 0.717) is 5.41 Å². The number of benzene rings is 1. The molecule has 0 heterocycles. The van der Waals surface area contributed by atoms with Crippen LogP contribution in [0, 0.1) is 11.2 Å². The van der Waals surface area contributed by atoms with Gasteiger partial charge >= 0.3 is 0 Å². The van der Waals surface area contributed by atoms with E-state index in [9.17, 15) is 4.39 Å². The Kier molecular flexibility index (Phi) is 3.50. The maximum absolute atomic E-state index is 13.0. The average molecular weight is 242 g/mol. The first-order valence-corrected chi connectivity index (χ1v) is 6.18. The van der Waals surface area contributed by atoms with Crippen molar-refractivity contribution < 1.29 is 4.39 Å². The van der Waals surface area contributed by atoms with Crippen LogP contribution in [0.1, 0.15) is 25.3 Å². The lowest BCUT2D eigenvalue weighted by molar-refractivity contribution is 0.462. The smallest absolute Gasteiger partial charge is 0.141 e. The summed E-state index contributed by atoms with van der Waals surface area (Å²) in [4.78, 5) is 0. The highest BCUT2D eigenvalue weighted by atomic mass is 35.5. The predicted octanol–water partition coefficient (Wildman–Crippen LogP) is 3.41. The zero-order chi connectivity index (χ0) is 11.6. The average Bonchev–Trinajstić information content (AvgIpc) is 3.01. The van der Waals surface area contributed by atoms with Gasteiger partial charge in [0.2, 0.25) is 0 Å². The fraction of sp³-hybridized carbons (Fsp3) is 0.538. The lowest BCUT2D eigenvalue weighted by Crippen LogP contribution is -2.25. The molecule has 0 bridgehead atoms. The zero-order valence-electron chi connectivity index (χ0n) is 9.52. The number of halogens is 2. The molecule has 88 valence electrons. The highest BCUT2D eigenvalue weighted by Crippen LogP contribution is 2.47. The van der Waals surface area contributed by atoms with E-state index in [2.05, 4.69) is 12.2 Å². The molecular formula is C13H17ClFN. The molecule has 0 saturated heterocycles. The zero-order valence-corrected chi connectivity index (χ0v) is 10.3.